The van der Waals surface area contributed by atoms with Crippen LogP contribution in [-0.2, 0) is 9.53 Å². The van der Waals surface area contributed by atoms with Crippen LogP contribution in [0.4, 0.5) is 0 Å². The number of nitrogens with one attached hydrogen (secondary N) is 3. The van der Waals surface area contributed by atoms with E-state index in [0.29, 0.717) is 16.5 Å². The minimum absolute atomic E-state index is 0.341. The van der Waals surface area contributed by atoms with Gasteiger partial charge in [-0.1, -0.05) is 36.4 Å². The van der Waals surface area contributed by atoms with E-state index < -0.39 is 23.9 Å². The van der Waals surface area contributed by atoms with Crippen molar-refractivity contribution in [2.45, 2.75) is 13.0 Å². The highest BCUT2D eigenvalue weighted by molar-refractivity contribution is 6.04. The van der Waals surface area contributed by atoms with Crippen LogP contribution in [0.25, 0.3) is 10.9 Å². The molecule has 0 bridgehead atoms. The Morgan fingerprint density at radius 1 is 0.962 bits per heavy atom. The van der Waals surface area contributed by atoms with Crippen LogP contribution in [0.1, 0.15) is 27.6 Å². The quantitative estimate of drug-likeness (QED) is 0.495. The zero-order valence-corrected chi connectivity index (χ0v) is 14.0. The molecule has 0 spiro atoms. The summed E-state index contributed by atoms with van der Waals surface area (Å²) in [5.74, 6) is -1.73. The monoisotopic (exact) mass is 351 g/mol. The molecule has 132 valence electrons. The Labute approximate surface area is 149 Å². The molecule has 1 atom stereocenters. The highest BCUT2D eigenvalue weighted by Crippen LogP contribution is 2.18. The van der Waals surface area contributed by atoms with Crippen LogP contribution in [0, 0.1) is 0 Å². The number of amides is 2. The number of ether oxygens (including phenoxy) is 1. The second kappa shape index (κ2) is 7.52. The van der Waals surface area contributed by atoms with E-state index in [1.165, 1.54) is 13.1 Å². The molecular formula is C19H17N3O4. The van der Waals surface area contributed by atoms with E-state index in [0.717, 1.165) is 5.52 Å². The maximum Gasteiger partial charge on any atom is 0.341 e. The molecule has 1 heterocycles. The number of esters is 1. The minimum atomic E-state index is -1.08. The van der Waals surface area contributed by atoms with E-state index >= 15 is 0 Å². The van der Waals surface area contributed by atoms with Gasteiger partial charge in [-0.05, 0) is 25.1 Å². The molecule has 0 fully saturated rings. The molecule has 0 saturated heterocycles. The first-order valence-electron chi connectivity index (χ1n) is 7.98. The number of H-pyrrole nitrogens is 1. The molecule has 7 nitrogen and oxygen atoms in total. The number of para-hydroxylation sites is 1. The van der Waals surface area contributed by atoms with Crippen molar-refractivity contribution in [1.29, 1.82) is 0 Å². The summed E-state index contributed by atoms with van der Waals surface area (Å²) in [5.41, 5.74) is 6.06. The Morgan fingerprint density at radius 2 is 1.65 bits per heavy atom. The largest absolute Gasteiger partial charge is 0.449 e. The van der Waals surface area contributed by atoms with E-state index in [2.05, 4.69) is 15.8 Å². The molecule has 0 aliphatic rings. The Hall–Kier alpha value is -3.61. The molecule has 26 heavy (non-hydrogen) atoms. The number of carbonyl (C=O) groups is 3. The molecular weight excluding hydrogens is 334 g/mol. The first-order chi connectivity index (χ1) is 12.6. The zero-order valence-electron chi connectivity index (χ0n) is 14.0. The summed E-state index contributed by atoms with van der Waals surface area (Å²) in [5, 5.41) is 0.711. The smallest absolute Gasteiger partial charge is 0.341 e. The summed E-state index contributed by atoms with van der Waals surface area (Å²) >= 11 is 0. The number of aromatic nitrogens is 1. The van der Waals surface area contributed by atoms with Crippen LogP contribution in [0.15, 0.2) is 60.8 Å². The number of hydrazine groups is 1. The molecule has 3 N–H and O–H groups in total. The standard InChI is InChI=1S/C19H17N3O4/c1-12(17(23)21-22-18(24)13-7-3-2-4-8-13)26-19(25)15-11-20-16-10-6-5-9-14(15)16/h2-12,20H,1H3,(H,21,23)(H,22,24)/t12-/m0/s1. The molecule has 0 unspecified atom stereocenters. The lowest BCUT2D eigenvalue weighted by Gasteiger charge is -2.13. The number of hydrogen-bond acceptors (Lipinski definition) is 4. The predicted octanol–water partition coefficient (Wildman–Crippen LogP) is 2.17. The Kier molecular flexibility index (Phi) is 4.98. The second-order valence-electron chi connectivity index (χ2n) is 5.60. The van der Waals surface area contributed by atoms with Gasteiger partial charge in [0.1, 0.15) is 0 Å². The van der Waals surface area contributed by atoms with Gasteiger partial charge in [0.2, 0.25) is 0 Å². The average molecular weight is 351 g/mol. The number of hydrogen-bond donors (Lipinski definition) is 3. The van der Waals surface area contributed by atoms with E-state index in [4.69, 9.17) is 4.74 Å². The average Bonchev–Trinajstić information content (AvgIpc) is 3.10. The number of benzene rings is 2. The van der Waals surface area contributed by atoms with Crippen LogP contribution < -0.4 is 10.9 Å². The number of fused-ring (bicyclic) bond motifs is 1. The van der Waals surface area contributed by atoms with Gasteiger partial charge in [-0.3, -0.25) is 20.4 Å². The molecule has 3 rings (SSSR count). The van der Waals surface area contributed by atoms with Crippen LogP contribution in [-0.4, -0.2) is 28.9 Å². The molecule has 0 aliphatic carbocycles. The van der Waals surface area contributed by atoms with Crippen molar-refractivity contribution < 1.29 is 19.1 Å². The van der Waals surface area contributed by atoms with Crippen molar-refractivity contribution in [1.82, 2.24) is 15.8 Å². The van der Waals surface area contributed by atoms with Gasteiger partial charge in [0.05, 0.1) is 5.56 Å². The molecule has 2 amide bonds. The maximum absolute atomic E-state index is 12.3. The fraction of sp³-hybridized carbons (Fsp3) is 0.105. The van der Waals surface area contributed by atoms with Gasteiger partial charge in [0, 0.05) is 22.7 Å². The Balaban J connectivity index is 1.57. The topological polar surface area (TPSA) is 100 Å². The van der Waals surface area contributed by atoms with E-state index in [-0.39, 0.29) is 0 Å². The van der Waals surface area contributed by atoms with Crippen molar-refractivity contribution in [3.63, 3.8) is 0 Å². The minimum Gasteiger partial charge on any atom is -0.449 e. The number of rotatable bonds is 4. The number of carbonyl (C=O) groups excluding carboxylic acids is 3. The van der Waals surface area contributed by atoms with Gasteiger partial charge in [-0.25, -0.2) is 4.79 Å². The van der Waals surface area contributed by atoms with Crippen LogP contribution in [0.2, 0.25) is 0 Å². The molecule has 7 heteroatoms. The molecule has 2 aromatic carbocycles. The summed E-state index contributed by atoms with van der Waals surface area (Å²) in [6.07, 6.45) is 0.460. The van der Waals surface area contributed by atoms with Gasteiger partial charge >= 0.3 is 5.97 Å². The normalized spacial score (nSPS) is 11.6. The van der Waals surface area contributed by atoms with Gasteiger partial charge in [-0.15, -0.1) is 0 Å². The lowest BCUT2D eigenvalue weighted by molar-refractivity contribution is -0.129. The van der Waals surface area contributed by atoms with Gasteiger partial charge in [0.25, 0.3) is 11.8 Å². The first kappa shape index (κ1) is 17.2. The van der Waals surface area contributed by atoms with Gasteiger partial charge < -0.3 is 9.72 Å². The van der Waals surface area contributed by atoms with E-state index in [9.17, 15) is 14.4 Å². The fourth-order valence-corrected chi connectivity index (χ4v) is 2.40. The van der Waals surface area contributed by atoms with E-state index in [1.807, 2.05) is 18.2 Å². The van der Waals surface area contributed by atoms with Crippen molar-refractivity contribution in [2.24, 2.45) is 0 Å². The van der Waals surface area contributed by atoms with Crippen LogP contribution in [0.5, 0.6) is 0 Å². The van der Waals surface area contributed by atoms with Gasteiger partial charge in [0.15, 0.2) is 6.10 Å². The maximum atomic E-state index is 12.3. The summed E-state index contributed by atoms with van der Waals surface area (Å²) in [6.45, 7) is 1.43. The van der Waals surface area contributed by atoms with Crippen molar-refractivity contribution >= 4 is 28.7 Å². The summed E-state index contributed by atoms with van der Waals surface area (Å²) < 4.78 is 5.18. The molecule has 3 aromatic rings. The lowest BCUT2D eigenvalue weighted by Crippen LogP contribution is -2.46. The van der Waals surface area contributed by atoms with Crippen LogP contribution >= 0.6 is 0 Å². The van der Waals surface area contributed by atoms with Gasteiger partial charge in [-0.2, -0.15) is 0 Å². The number of aromatic amines is 1. The van der Waals surface area contributed by atoms with Crippen molar-refractivity contribution in [2.75, 3.05) is 0 Å². The summed E-state index contributed by atoms with van der Waals surface area (Å²) in [6, 6.07) is 15.7. The molecule has 1 aromatic heterocycles. The highest BCUT2D eigenvalue weighted by atomic mass is 16.5. The fourth-order valence-electron chi connectivity index (χ4n) is 2.40. The third-order valence-corrected chi connectivity index (χ3v) is 3.80. The summed E-state index contributed by atoms with van der Waals surface area (Å²) in [7, 11) is 0. The molecule has 0 saturated carbocycles. The highest BCUT2D eigenvalue weighted by Gasteiger charge is 2.21. The Bertz CT molecular complexity index is 950. The lowest BCUT2D eigenvalue weighted by atomic mass is 10.2. The zero-order chi connectivity index (χ0) is 18.5. The molecule has 0 aliphatic heterocycles. The third kappa shape index (κ3) is 3.72. The van der Waals surface area contributed by atoms with Crippen LogP contribution in [0.3, 0.4) is 0 Å². The second-order valence-corrected chi connectivity index (χ2v) is 5.60. The third-order valence-electron chi connectivity index (χ3n) is 3.80. The molecule has 0 radical (unpaired) electrons. The predicted molar refractivity (Wildman–Crippen MR) is 95.2 cm³/mol. The Morgan fingerprint density at radius 3 is 2.42 bits per heavy atom. The van der Waals surface area contributed by atoms with Crippen molar-refractivity contribution in [3.05, 3.63) is 71.9 Å². The first-order valence-corrected chi connectivity index (χ1v) is 7.98. The van der Waals surface area contributed by atoms with E-state index in [1.54, 1.807) is 36.4 Å². The SMILES string of the molecule is C[C@H](OC(=O)c1c[nH]c2ccccc12)C(=O)NNC(=O)c1ccccc1. The van der Waals surface area contributed by atoms with Crippen molar-refractivity contribution in [3.8, 4) is 0 Å². The summed E-state index contributed by atoms with van der Waals surface area (Å²) in [4.78, 5) is 39.2.